The standard InChI is InChI=1S/C12H22O2/c1-6-7-10(8(2)3)11(9(4)5)12(13)14/h8-9H,6-7H2,1-5H3,(H,13,14). The quantitative estimate of drug-likeness (QED) is 0.687. The van der Waals surface area contributed by atoms with E-state index >= 15 is 0 Å². The van der Waals surface area contributed by atoms with Gasteiger partial charge in [-0.3, -0.25) is 0 Å². The summed E-state index contributed by atoms with van der Waals surface area (Å²) in [7, 11) is 0. The minimum Gasteiger partial charge on any atom is -0.478 e. The van der Waals surface area contributed by atoms with Gasteiger partial charge < -0.3 is 5.11 Å². The molecule has 0 saturated carbocycles. The topological polar surface area (TPSA) is 37.3 Å². The molecule has 0 aromatic rings. The van der Waals surface area contributed by atoms with Gasteiger partial charge in [-0.15, -0.1) is 0 Å². The third-order valence-electron chi connectivity index (χ3n) is 2.37. The molecule has 14 heavy (non-hydrogen) atoms. The molecule has 0 atom stereocenters. The van der Waals surface area contributed by atoms with E-state index < -0.39 is 5.97 Å². The number of hydrogen-bond donors (Lipinski definition) is 1. The molecule has 0 saturated heterocycles. The van der Waals surface area contributed by atoms with Crippen LogP contribution in [0.3, 0.4) is 0 Å². The van der Waals surface area contributed by atoms with E-state index in [4.69, 9.17) is 5.11 Å². The third-order valence-corrected chi connectivity index (χ3v) is 2.37. The van der Waals surface area contributed by atoms with Crippen LogP contribution in [0, 0.1) is 11.8 Å². The lowest BCUT2D eigenvalue weighted by atomic mass is 9.88. The van der Waals surface area contributed by atoms with Crippen LogP contribution in [0.15, 0.2) is 11.1 Å². The van der Waals surface area contributed by atoms with Crippen LogP contribution in [0.1, 0.15) is 47.5 Å². The first-order chi connectivity index (χ1) is 6.41. The van der Waals surface area contributed by atoms with Gasteiger partial charge in [-0.1, -0.05) is 46.6 Å². The van der Waals surface area contributed by atoms with Crippen LogP contribution < -0.4 is 0 Å². The second kappa shape index (κ2) is 5.84. The zero-order chi connectivity index (χ0) is 11.3. The number of carboxylic acids is 1. The fraction of sp³-hybridized carbons (Fsp3) is 0.750. The Morgan fingerprint density at radius 1 is 1.14 bits per heavy atom. The van der Waals surface area contributed by atoms with Crippen LogP contribution in [0.25, 0.3) is 0 Å². The van der Waals surface area contributed by atoms with Crippen molar-refractivity contribution in [2.45, 2.75) is 47.5 Å². The minimum absolute atomic E-state index is 0.108. The molecule has 82 valence electrons. The first kappa shape index (κ1) is 13.2. The number of allylic oxidation sites excluding steroid dienone is 1. The molecule has 0 rings (SSSR count). The van der Waals surface area contributed by atoms with Crippen molar-refractivity contribution < 1.29 is 9.90 Å². The Kier molecular flexibility index (Phi) is 5.51. The Balaban J connectivity index is 5.15. The highest BCUT2D eigenvalue weighted by molar-refractivity contribution is 5.88. The highest BCUT2D eigenvalue weighted by atomic mass is 16.4. The average molecular weight is 198 g/mol. The zero-order valence-electron chi connectivity index (χ0n) is 9.92. The van der Waals surface area contributed by atoms with E-state index in [2.05, 4.69) is 20.8 Å². The number of carboxylic acid groups (broad SMARTS) is 1. The first-order valence-corrected chi connectivity index (χ1v) is 5.38. The van der Waals surface area contributed by atoms with Gasteiger partial charge in [-0.05, 0) is 18.3 Å². The number of hydrogen-bond acceptors (Lipinski definition) is 1. The molecule has 1 N–H and O–H groups in total. The molecule has 0 fully saturated rings. The van der Waals surface area contributed by atoms with Crippen LogP contribution in [0.2, 0.25) is 0 Å². The van der Waals surface area contributed by atoms with Crippen LogP contribution in [0.5, 0.6) is 0 Å². The average Bonchev–Trinajstić information content (AvgIpc) is 2.01. The lowest BCUT2D eigenvalue weighted by Gasteiger charge is -2.17. The van der Waals surface area contributed by atoms with Crippen molar-refractivity contribution in [3.05, 3.63) is 11.1 Å². The first-order valence-electron chi connectivity index (χ1n) is 5.38. The third kappa shape index (κ3) is 3.52. The van der Waals surface area contributed by atoms with Crippen molar-refractivity contribution in [1.82, 2.24) is 0 Å². The normalized spacial score (nSPS) is 13.4. The Labute approximate surface area is 87.0 Å². The number of carbonyl (C=O) groups is 1. The van der Waals surface area contributed by atoms with E-state index in [0.717, 1.165) is 18.4 Å². The molecule has 2 heteroatoms. The Hall–Kier alpha value is -0.790. The van der Waals surface area contributed by atoms with Crippen LogP contribution >= 0.6 is 0 Å². The molecule has 0 aliphatic rings. The van der Waals surface area contributed by atoms with Crippen molar-refractivity contribution in [1.29, 1.82) is 0 Å². The predicted octanol–water partition coefficient (Wildman–Crippen LogP) is 3.48. The van der Waals surface area contributed by atoms with E-state index in [9.17, 15) is 4.79 Å². The van der Waals surface area contributed by atoms with Gasteiger partial charge in [-0.2, -0.15) is 0 Å². The maximum absolute atomic E-state index is 11.1. The minimum atomic E-state index is -0.753. The van der Waals surface area contributed by atoms with Crippen molar-refractivity contribution in [3.8, 4) is 0 Å². The maximum Gasteiger partial charge on any atom is 0.331 e. The molecule has 0 unspecified atom stereocenters. The summed E-state index contributed by atoms with van der Waals surface area (Å²) >= 11 is 0. The molecule has 0 aromatic heterocycles. The summed E-state index contributed by atoms with van der Waals surface area (Å²) in [5, 5.41) is 9.13. The van der Waals surface area contributed by atoms with E-state index in [0.29, 0.717) is 11.5 Å². The van der Waals surface area contributed by atoms with Gasteiger partial charge in [0.1, 0.15) is 0 Å². The monoisotopic (exact) mass is 198 g/mol. The largest absolute Gasteiger partial charge is 0.478 e. The van der Waals surface area contributed by atoms with E-state index in [1.165, 1.54) is 0 Å². The summed E-state index contributed by atoms with van der Waals surface area (Å²) in [5.74, 6) is -0.308. The summed E-state index contributed by atoms with van der Waals surface area (Å²) in [6, 6.07) is 0. The molecular weight excluding hydrogens is 176 g/mol. The fourth-order valence-electron chi connectivity index (χ4n) is 1.76. The van der Waals surface area contributed by atoms with E-state index in [1.54, 1.807) is 0 Å². The summed E-state index contributed by atoms with van der Waals surface area (Å²) in [5.41, 5.74) is 1.72. The molecule has 0 aliphatic heterocycles. The van der Waals surface area contributed by atoms with Gasteiger partial charge in [-0.25, -0.2) is 4.79 Å². The van der Waals surface area contributed by atoms with Gasteiger partial charge in [0, 0.05) is 5.57 Å². The molecule has 0 heterocycles. The van der Waals surface area contributed by atoms with Crippen molar-refractivity contribution in [2.75, 3.05) is 0 Å². The molecule has 0 radical (unpaired) electrons. The van der Waals surface area contributed by atoms with E-state index in [1.807, 2.05) is 13.8 Å². The molecular formula is C12H22O2. The summed E-state index contributed by atoms with van der Waals surface area (Å²) in [4.78, 5) is 11.1. The van der Waals surface area contributed by atoms with Crippen molar-refractivity contribution in [3.63, 3.8) is 0 Å². The number of aliphatic carboxylic acids is 1. The molecule has 0 aromatic carbocycles. The molecule has 2 nitrogen and oxygen atoms in total. The van der Waals surface area contributed by atoms with Gasteiger partial charge >= 0.3 is 5.97 Å². The lowest BCUT2D eigenvalue weighted by molar-refractivity contribution is -0.133. The highest BCUT2D eigenvalue weighted by Gasteiger charge is 2.19. The zero-order valence-corrected chi connectivity index (χ0v) is 9.92. The lowest BCUT2D eigenvalue weighted by Crippen LogP contribution is -2.13. The summed E-state index contributed by atoms with van der Waals surface area (Å²) in [6.45, 7) is 10.1. The highest BCUT2D eigenvalue weighted by Crippen LogP contribution is 2.25. The molecule has 0 spiro atoms. The van der Waals surface area contributed by atoms with Crippen LogP contribution in [0.4, 0.5) is 0 Å². The summed E-state index contributed by atoms with van der Waals surface area (Å²) < 4.78 is 0. The SMILES string of the molecule is CCCC(=C(C(=O)O)C(C)C)C(C)C. The predicted molar refractivity (Wildman–Crippen MR) is 59.2 cm³/mol. The van der Waals surface area contributed by atoms with Crippen LogP contribution in [-0.2, 0) is 4.79 Å². The molecule has 0 aliphatic carbocycles. The second-order valence-electron chi connectivity index (χ2n) is 4.30. The Bertz CT molecular complexity index is 224. The second-order valence-corrected chi connectivity index (χ2v) is 4.30. The Morgan fingerprint density at radius 2 is 1.64 bits per heavy atom. The fourth-order valence-corrected chi connectivity index (χ4v) is 1.76. The number of rotatable bonds is 5. The summed E-state index contributed by atoms with van der Waals surface area (Å²) in [6.07, 6.45) is 1.91. The molecule has 0 bridgehead atoms. The maximum atomic E-state index is 11.1. The molecule has 0 amide bonds. The van der Waals surface area contributed by atoms with Gasteiger partial charge in [0.25, 0.3) is 0 Å². The van der Waals surface area contributed by atoms with Gasteiger partial charge in [0.2, 0.25) is 0 Å². The van der Waals surface area contributed by atoms with Crippen LogP contribution in [-0.4, -0.2) is 11.1 Å². The van der Waals surface area contributed by atoms with Crippen molar-refractivity contribution in [2.24, 2.45) is 11.8 Å². The smallest absolute Gasteiger partial charge is 0.331 e. The Morgan fingerprint density at radius 3 is 1.86 bits per heavy atom. The van der Waals surface area contributed by atoms with Gasteiger partial charge in [0.05, 0.1) is 0 Å². The van der Waals surface area contributed by atoms with Crippen molar-refractivity contribution >= 4 is 5.97 Å². The van der Waals surface area contributed by atoms with Gasteiger partial charge in [0.15, 0.2) is 0 Å². The van der Waals surface area contributed by atoms with E-state index in [-0.39, 0.29) is 5.92 Å².